The Morgan fingerprint density at radius 3 is 2.90 bits per heavy atom. The van der Waals surface area contributed by atoms with Crippen molar-refractivity contribution in [2.45, 2.75) is 37.5 Å². The van der Waals surface area contributed by atoms with Gasteiger partial charge in [0.2, 0.25) is 11.8 Å². The number of anilines is 3. The number of ether oxygens (including phenoxy) is 1. The first-order chi connectivity index (χ1) is 18.9. The highest BCUT2D eigenvalue weighted by Gasteiger charge is 2.29. The van der Waals surface area contributed by atoms with Gasteiger partial charge < -0.3 is 15.0 Å². The Kier molecular flexibility index (Phi) is 8.38. The topological polar surface area (TPSA) is 127 Å². The van der Waals surface area contributed by atoms with Gasteiger partial charge in [-0.15, -0.1) is 0 Å². The summed E-state index contributed by atoms with van der Waals surface area (Å²) < 4.78 is 5.60. The zero-order valence-corrected chi connectivity index (χ0v) is 23.2. The van der Waals surface area contributed by atoms with E-state index >= 15 is 0 Å². The summed E-state index contributed by atoms with van der Waals surface area (Å²) in [6.45, 7) is 3.56. The molecule has 2 saturated heterocycles. The third-order valence-corrected chi connectivity index (χ3v) is 8.71. The van der Waals surface area contributed by atoms with Crippen molar-refractivity contribution < 1.29 is 14.3 Å². The highest BCUT2D eigenvalue weighted by atomic mass is 32.2. The van der Waals surface area contributed by atoms with Crippen LogP contribution in [0.5, 0.6) is 5.88 Å². The number of nitriles is 1. The SMILES string of the molecule is COc1nc2c(cc1CN1CCN(C)CC1=O)CCCN2C(=O)Nc1cc(NCC2CCCS2)c(C#N)cn1. The molecular formula is C27H34N8O3S. The fourth-order valence-electron chi connectivity index (χ4n) is 5.18. The highest BCUT2D eigenvalue weighted by Crippen LogP contribution is 2.32. The van der Waals surface area contributed by atoms with Crippen molar-refractivity contribution in [3.63, 3.8) is 0 Å². The molecule has 1 atom stereocenters. The maximum Gasteiger partial charge on any atom is 0.328 e. The second-order valence-corrected chi connectivity index (χ2v) is 11.5. The van der Waals surface area contributed by atoms with E-state index < -0.39 is 0 Å². The molecule has 12 heteroatoms. The quantitative estimate of drug-likeness (QED) is 0.535. The molecule has 0 bridgehead atoms. The Bertz CT molecular complexity index is 1280. The lowest BCUT2D eigenvalue weighted by atomic mass is 10.0. The first kappa shape index (κ1) is 27.0. The Hall–Kier alpha value is -3.56. The zero-order valence-electron chi connectivity index (χ0n) is 22.4. The number of aromatic nitrogens is 2. The lowest BCUT2D eigenvalue weighted by Crippen LogP contribution is -2.48. The van der Waals surface area contributed by atoms with Gasteiger partial charge in [0.1, 0.15) is 17.7 Å². The molecule has 3 aliphatic rings. The van der Waals surface area contributed by atoms with Crippen LogP contribution in [0.4, 0.5) is 22.1 Å². The lowest BCUT2D eigenvalue weighted by Gasteiger charge is -2.33. The molecule has 2 N–H and O–H groups in total. The van der Waals surface area contributed by atoms with E-state index in [9.17, 15) is 14.9 Å². The van der Waals surface area contributed by atoms with E-state index in [2.05, 4.69) is 21.7 Å². The average Bonchev–Trinajstić information content (AvgIpc) is 3.46. The van der Waals surface area contributed by atoms with Crippen molar-refractivity contribution >= 4 is 41.0 Å². The smallest absolute Gasteiger partial charge is 0.328 e. The van der Waals surface area contributed by atoms with Crippen LogP contribution in [0.25, 0.3) is 0 Å². The molecule has 3 aliphatic heterocycles. The minimum atomic E-state index is -0.345. The molecule has 0 saturated carbocycles. The van der Waals surface area contributed by atoms with Gasteiger partial charge in [-0.1, -0.05) is 0 Å². The van der Waals surface area contributed by atoms with Gasteiger partial charge in [0, 0.05) is 49.3 Å². The zero-order chi connectivity index (χ0) is 27.4. The van der Waals surface area contributed by atoms with Crippen LogP contribution in [0, 0.1) is 11.3 Å². The minimum Gasteiger partial charge on any atom is -0.481 e. The molecule has 0 aliphatic carbocycles. The number of nitrogens with one attached hydrogen (secondary N) is 2. The first-order valence-electron chi connectivity index (χ1n) is 13.3. The number of rotatable bonds is 7. The summed E-state index contributed by atoms with van der Waals surface area (Å²) >= 11 is 1.94. The molecule has 11 nitrogen and oxygen atoms in total. The van der Waals surface area contributed by atoms with Crippen LogP contribution in [-0.2, 0) is 17.8 Å². The van der Waals surface area contributed by atoms with E-state index in [-0.39, 0.29) is 11.9 Å². The van der Waals surface area contributed by atoms with Gasteiger partial charge in [-0.2, -0.15) is 22.0 Å². The van der Waals surface area contributed by atoms with E-state index in [1.54, 1.807) is 18.1 Å². The molecule has 0 spiro atoms. The summed E-state index contributed by atoms with van der Waals surface area (Å²) in [4.78, 5) is 40.4. The van der Waals surface area contributed by atoms with Gasteiger partial charge in [-0.3, -0.25) is 19.9 Å². The van der Waals surface area contributed by atoms with Crippen LogP contribution < -0.4 is 20.3 Å². The predicted molar refractivity (Wildman–Crippen MR) is 151 cm³/mol. The number of piperazine rings is 1. The number of hydrogen-bond acceptors (Lipinski definition) is 9. The number of likely N-dealkylation sites (N-methyl/N-ethyl adjacent to an activating group) is 1. The van der Waals surface area contributed by atoms with Crippen molar-refractivity contribution in [1.82, 2.24) is 19.8 Å². The Labute approximate surface area is 232 Å². The summed E-state index contributed by atoms with van der Waals surface area (Å²) in [5, 5.41) is 16.3. The van der Waals surface area contributed by atoms with E-state index in [0.717, 1.165) is 43.5 Å². The molecule has 206 valence electrons. The fourth-order valence-corrected chi connectivity index (χ4v) is 6.38. The minimum absolute atomic E-state index is 0.0790. The van der Waals surface area contributed by atoms with Gasteiger partial charge in [-0.25, -0.2) is 9.78 Å². The summed E-state index contributed by atoms with van der Waals surface area (Å²) in [6.07, 6.45) is 5.42. The molecule has 2 aromatic rings. The van der Waals surface area contributed by atoms with E-state index in [0.29, 0.717) is 60.2 Å². The molecule has 5 heterocycles. The number of fused-ring (bicyclic) bond motifs is 1. The summed E-state index contributed by atoms with van der Waals surface area (Å²) in [5.41, 5.74) is 2.88. The molecule has 3 amide bonds. The molecule has 2 aromatic heterocycles. The van der Waals surface area contributed by atoms with Crippen LogP contribution in [-0.4, -0.2) is 89.6 Å². The van der Waals surface area contributed by atoms with Crippen LogP contribution in [0.15, 0.2) is 18.3 Å². The number of methoxy groups -OCH3 is 1. The number of pyridine rings is 2. The van der Waals surface area contributed by atoms with Gasteiger partial charge in [0.25, 0.3) is 0 Å². The standard InChI is InChI=1S/C27H34N8O3S/c1-33-8-9-34(24(36)17-33)16-19-11-18-5-3-7-35(25(18)32-26(19)38-2)27(37)31-23-12-22(20(13-28)14-30-23)29-15-21-6-4-10-39-21/h11-12,14,21H,3-10,15-17H2,1-2H3,(H2,29,30,31,37). The van der Waals surface area contributed by atoms with E-state index in [1.807, 2.05) is 34.7 Å². The fraction of sp³-hybridized carbons (Fsp3) is 0.519. The van der Waals surface area contributed by atoms with Crippen molar-refractivity contribution in [3.8, 4) is 11.9 Å². The normalized spacial score (nSPS) is 19.4. The number of amides is 3. The van der Waals surface area contributed by atoms with Crippen molar-refractivity contribution in [2.75, 3.05) is 68.2 Å². The van der Waals surface area contributed by atoms with Crippen LogP contribution in [0.1, 0.15) is 36.0 Å². The summed E-state index contributed by atoms with van der Waals surface area (Å²) in [7, 11) is 3.49. The average molecular weight is 551 g/mol. The van der Waals surface area contributed by atoms with Gasteiger partial charge >= 0.3 is 6.03 Å². The molecular weight excluding hydrogens is 516 g/mol. The Morgan fingerprint density at radius 2 is 2.15 bits per heavy atom. The Morgan fingerprint density at radius 1 is 1.28 bits per heavy atom. The maximum absolute atomic E-state index is 13.4. The Balaban J connectivity index is 1.31. The van der Waals surface area contributed by atoms with Crippen LogP contribution in [0.2, 0.25) is 0 Å². The number of aryl methyl sites for hydroxylation is 1. The van der Waals surface area contributed by atoms with Gasteiger partial charge in [0.05, 0.1) is 31.5 Å². The lowest BCUT2D eigenvalue weighted by molar-refractivity contribution is -0.136. The largest absolute Gasteiger partial charge is 0.481 e. The van der Waals surface area contributed by atoms with Crippen molar-refractivity contribution in [3.05, 3.63) is 35.0 Å². The van der Waals surface area contributed by atoms with Crippen molar-refractivity contribution in [1.29, 1.82) is 5.26 Å². The second-order valence-electron chi connectivity index (χ2n) is 10.1. The van der Waals surface area contributed by atoms with Gasteiger partial charge in [-0.05, 0) is 50.1 Å². The third-order valence-electron chi connectivity index (χ3n) is 7.31. The molecule has 0 radical (unpaired) electrons. The maximum atomic E-state index is 13.4. The number of urea groups is 1. The summed E-state index contributed by atoms with van der Waals surface area (Å²) in [6, 6.07) is 5.55. The second kappa shape index (κ2) is 12.1. The molecule has 5 rings (SSSR count). The number of hydrogen-bond donors (Lipinski definition) is 2. The first-order valence-corrected chi connectivity index (χ1v) is 14.4. The molecule has 0 aromatic carbocycles. The third kappa shape index (κ3) is 6.20. The van der Waals surface area contributed by atoms with Crippen molar-refractivity contribution in [2.24, 2.45) is 0 Å². The number of thioether (sulfide) groups is 1. The predicted octanol–water partition coefficient (Wildman–Crippen LogP) is 2.92. The molecule has 39 heavy (non-hydrogen) atoms. The van der Waals surface area contributed by atoms with Crippen LogP contribution in [0.3, 0.4) is 0 Å². The number of nitrogens with zero attached hydrogens (tertiary/aromatic N) is 6. The monoisotopic (exact) mass is 550 g/mol. The van der Waals surface area contributed by atoms with Crippen LogP contribution >= 0.6 is 11.8 Å². The molecule has 1 unspecified atom stereocenters. The summed E-state index contributed by atoms with van der Waals surface area (Å²) in [5.74, 6) is 2.57. The van der Waals surface area contributed by atoms with E-state index in [4.69, 9.17) is 9.72 Å². The van der Waals surface area contributed by atoms with E-state index in [1.165, 1.54) is 18.4 Å². The van der Waals surface area contributed by atoms with Gasteiger partial charge in [0.15, 0.2) is 0 Å². The molecule has 2 fully saturated rings. The highest BCUT2D eigenvalue weighted by molar-refractivity contribution is 8.00. The number of carbonyl (C=O) groups is 2. The number of carbonyl (C=O) groups excluding carboxylic acids is 2.